The minimum atomic E-state index is -1.64. The molecule has 174 valence electrons. The number of aliphatic hydroxyl groups excluding tert-OH is 4. The number of phenols is 1. The molecule has 0 bridgehead atoms. The van der Waals surface area contributed by atoms with Gasteiger partial charge in [0.15, 0.2) is 5.78 Å². The minimum absolute atomic E-state index is 0.0396. The number of aliphatic hydroxyl groups is 4. The van der Waals surface area contributed by atoms with Crippen LogP contribution in [0, 0.1) is 0 Å². The van der Waals surface area contributed by atoms with Gasteiger partial charge in [-0.2, -0.15) is 0 Å². The van der Waals surface area contributed by atoms with Crippen molar-refractivity contribution < 1.29 is 39.8 Å². The van der Waals surface area contributed by atoms with Crippen LogP contribution in [0.3, 0.4) is 0 Å². The number of carbonyl (C=O) groups excluding carboxylic acids is 1. The van der Waals surface area contributed by atoms with Gasteiger partial charge >= 0.3 is 0 Å². The number of aryl methyl sites for hydroxylation is 1. The Morgan fingerprint density at radius 2 is 1.64 bits per heavy atom. The van der Waals surface area contributed by atoms with Gasteiger partial charge in [-0.1, -0.05) is 48.5 Å². The van der Waals surface area contributed by atoms with Gasteiger partial charge in [0.25, 0.3) is 0 Å². The highest BCUT2D eigenvalue weighted by atomic mass is 16.7. The molecule has 1 saturated heterocycles. The largest absolute Gasteiger partial charge is 0.507 e. The second-order valence-electron chi connectivity index (χ2n) is 8.03. The second-order valence-corrected chi connectivity index (χ2v) is 8.03. The average molecular weight is 454 g/mol. The molecular formula is C25H26O8. The number of benzene rings is 3. The smallest absolute Gasteiger partial charge is 0.229 e. The van der Waals surface area contributed by atoms with Crippen molar-refractivity contribution in [3.05, 3.63) is 71.8 Å². The van der Waals surface area contributed by atoms with E-state index < -0.39 is 37.3 Å². The van der Waals surface area contributed by atoms with Crippen molar-refractivity contribution in [1.82, 2.24) is 0 Å². The molecule has 3 aromatic carbocycles. The summed E-state index contributed by atoms with van der Waals surface area (Å²) in [7, 11) is 0. The zero-order valence-corrected chi connectivity index (χ0v) is 17.7. The van der Waals surface area contributed by atoms with Crippen molar-refractivity contribution in [1.29, 1.82) is 0 Å². The lowest BCUT2D eigenvalue weighted by Gasteiger charge is -2.39. The fraction of sp³-hybridized carbons (Fsp3) is 0.320. The zero-order chi connectivity index (χ0) is 23.5. The SMILES string of the molecule is O=C(CCc1cccc2ccccc12)c1c(O)cccc1O[C@@H]1O[C@H](CO)[C@@H](O)[C@H](O)[C@H]1O. The molecule has 0 radical (unpaired) electrons. The third-order valence-corrected chi connectivity index (χ3v) is 5.88. The highest BCUT2D eigenvalue weighted by molar-refractivity contribution is 6.01. The quantitative estimate of drug-likeness (QED) is 0.339. The van der Waals surface area contributed by atoms with E-state index in [1.54, 1.807) is 0 Å². The predicted molar refractivity (Wildman–Crippen MR) is 119 cm³/mol. The van der Waals surface area contributed by atoms with Gasteiger partial charge in [0, 0.05) is 6.42 Å². The zero-order valence-electron chi connectivity index (χ0n) is 17.7. The van der Waals surface area contributed by atoms with Crippen molar-refractivity contribution in [2.45, 2.75) is 43.5 Å². The summed E-state index contributed by atoms with van der Waals surface area (Å²) in [6.45, 7) is -0.609. The lowest BCUT2D eigenvalue weighted by molar-refractivity contribution is -0.277. The Morgan fingerprint density at radius 1 is 0.909 bits per heavy atom. The van der Waals surface area contributed by atoms with Crippen molar-refractivity contribution in [2.75, 3.05) is 6.61 Å². The van der Waals surface area contributed by atoms with E-state index in [0.29, 0.717) is 6.42 Å². The molecule has 5 atom stereocenters. The Labute approximate surface area is 190 Å². The molecule has 5 N–H and O–H groups in total. The maximum atomic E-state index is 13.1. The van der Waals surface area contributed by atoms with Gasteiger partial charge in [-0.15, -0.1) is 0 Å². The summed E-state index contributed by atoms with van der Waals surface area (Å²) in [5.41, 5.74) is 0.919. The van der Waals surface area contributed by atoms with Crippen LogP contribution in [0.2, 0.25) is 0 Å². The Kier molecular flexibility index (Phi) is 6.92. The number of phenolic OH excluding ortho intramolecular Hbond substituents is 1. The number of hydrogen-bond donors (Lipinski definition) is 5. The number of aromatic hydroxyl groups is 1. The maximum Gasteiger partial charge on any atom is 0.229 e. The van der Waals surface area contributed by atoms with Crippen LogP contribution in [0.25, 0.3) is 10.8 Å². The van der Waals surface area contributed by atoms with E-state index in [9.17, 15) is 30.3 Å². The van der Waals surface area contributed by atoms with Gasteiger partial charge in [0.05, 0.1) is 6.61 Å². The number of Topliss-reactive ketones (excluding diaryl/α,β-unsaturated/α-hetero) is 1. The second kappa shape index (κ2) is 9.86. The monoisotopic (exact) mass is 454 g/mol. The Balaban J connectivity index is 1.54. The van der Waals surface area contributed by atoms with Crippen LogP contribution in [0.4, 0.5) is 0 Å². The Bertz CT molecular complexity index is 1120. The summed E-state index contributed by atoms with van der Waals surface area (Å²) in [5.74, 6) is -0.706. The minimum Gasteiger partial charge on any atom is -0.507 e. The molecule has 1 fully saturated rings. The molecule has 0 unspecified atom stereocenters. The van der Waals surface area contributed by atoms with E-state index in [4.69, 9.17) is 9.47 Å². The van der Waals surface area contributed by atoms with Crippen LogP contribution in [-0.2, 0) is 11.2 Å². The molecule has 1 aliphatic rings. The standard InChI is InChI=1S/C25H26O8/c26-13-20-22(29)23(30)24(31)25(33-20)32-19-10-4-9-17(27)21(19)18(28)12-11-15-7-3-6-14-5-1-2-8-16(14)15/h1-10,20,22-27,29-31H,11-13H2/t20-,22-,23+,24-,25-/m1/s1. The van der Waals surface area contributed by atoms with Gasteiger partial charge in [0.2, 0.25) is 6.29 Å². The van der Waals surface area contributed by atoms with Gasteiger partial charge < -0.3 is 35.0 Å². The van der Waals surface area contributed by atoms with E-state index in [1.165, 1.54) is 18.2 Å². The molecular weight excluding hydrogens is 428 g/mol. The van der Waals surface area contributed by atoms with E-state index in [0.717, 1.165) is 16.3 Å². The first-order valence-corrected chi connectivity index (χ1v) is 10.7. The molecule has 0 aromatic heterocycles. The van der Waals surface area contributed by atoms with E-state index in [-0.39, 0.29) is 29.3 Å². The van der Waals surface area contributed by atoms with Crippen molar-refractivity contribution in [2.24, 2.45) is 0 Å². The molecule has 0 spiro atoms. The van der Waals surface area contributed by atoms with Crippen molar-refractivity contribution >= 4 is 16.6 Å². The summed E-state index contributed by atoms with van der Waals surface area (Å²) in [4.78, 5) is 13.1. The first-order valence-electron chi connectivity index (χ1n) is 10.7. The number of hydrogen-bond acceptors (Lipinski definition) is 8. The van der Waals surface area contributed by atoms with Crippen LogP contribution in [0.1, 0.15) is 22.3 Å². The lowest BCUT2D eigenvalue weighted by Crippen LogP contribution is -2.60. The normalized spacial score (nSPS) is 25.2. The molecule has 0 saturated carbocycles. The number of ether oxygens (including phenoxy) is 2. The fourth-order valence-corrected chi connectivity index (χ4v) is 4.07. The Hall–Kier alpha value is -3.01. The maximum absolute atomic E-state index is 13.1. The third kappa shape index (κ3) is 4.71. The fourth-order valence-electron chi connectivity index (χ4n) is 4.07. The molecule has 0 amide bonds. The number of ketones is 1. The predicted octanol–water partition coefficient (Wildman–Crippen LogP) is 1.54. The number of carbonyl (C=O) groups is 1. The Morgan fingerprint density at radius 3 is 2.42 bits per heavy atom. The van der Waals surface area contributed by atoms with Crippen LogP contribution in [-0.4, -0.2) is 68.6 Å². The molecule has 0 aliphatic carbocycles. The molecule has 8 heteroatoms. The molecule has 4 rings (SSSR count). The summed E-state index contributed by atoms with van der Waals surface area (Å²) in [5, 5.41) is 52.0. The third-order valence-electron chi connectivity index (χ3n) is 5.88. The highest BCUT2D eigenvalue weighted by Gasteiger charge is 2.45. The molecule has 8 nitrogen and oxygen atoms in total. The lowest BCUT2D eigenvalue weighted by atomic mass is 9.97. The summed E-state index contributed by atoms with van der Waals surface area (Å²) < 4.78 is 11.0. The van der Waals surface area contributed by atoms with Crippen LogP contribution >= 0.6 is 0 Å². The molecule has 3 aromatic rings. The highest BCUT2D eigenvalue weighted by Crippen LogP contribution is 2.33. The van der Waals surface area contributed by atoms with Crippen molar-refractivity contribution in [3.63, 3.8) is 0 Å². The topological polar surface area (TPSA) is 137 Å². The van der Waals surface area contributed by atoms with E-state index in [1.807, 2.05) is 42.5 Å². The van der Waals surface area contributed by atoms with Crippen LogP contribution < -0.4 is 4.74 Å². The molecule has 33 heavy (non-hydrogen) atoms. The van der Waals surface area contributed by atoms with Gasteiger partial charge in [0.1, 0.15) is 41.5 Å². The first-order chi connectivity index (χ1) is 15.9. The van der Waals surface area contributed by atoms with Gasteiger partial charge in [-0.05, 0) is 34.9 Å². The summed E-state index contributed by atoms with van der Waals surface area (Å²) >= 11 is 0. The molecule has 1 aliphatic heterocycles. The van der Waals surface area contributed by atoms with E-state index >= 15 is 0 Å². The van der Waals surface area contributed by atoms with Crippen LogP contribution in [0.15, 0.2) is 60.7 Å². The first kappa shape index (κ1) is 23.2. The molecule has 1 heterocycles. The average Bonchev–Trinajstić information content (AvgIpc) is 2.83. The van der Waals surface area contributed by atoms with Crippen LogP contribution in [0.5, 0.6) is 11.5 Å². The van der Waals surface area contributed by atoms with E-state index in [2.05, 4.69) is 0 Å². The summed E-state index contributed by atoms with van der Waals surface area (Å²) in [6, 6.07) is 18.0. The van der Waals surface area contributed by atoms with Crippen molar-refractivity contribution in [3.8, 4) is 11.5 Å². The number of rotatable bonds is 7. The summed E-state index contributed by atoms with van der Waals surface area (Å²) in [6.07, 6.45) is -6.88. The number of fused-ring (bicyclic) bond motifs is 1. The van der Waals surface area contributed by atoms with Gasteiger partial charge in [-0.25, -0.2) is 0 Å². The van der Waals surface area contributed by atoms with Gasteiger partial charge in [-0.3, -0.25) is 4.79 Å².